The van der Waals surface area contributed by atoms with Gasteiger partial charge in [-0.3, -0.25) is 9.69 Å². The van der Waals surface area contributed by atoms with Crippen molar-refractivity contribution in [3.63, 3.8) is 0 Å². The molecule has 20 heavy (non-hydrogen) atoms. The maximum atomic E-state index is 12.2. The molecule has 1 aromatic rings. The van der Waals surface area contributed by atoms with E-state index in [1.807, 2.05) is 6.92 Å². The van der Waals surface area contributed by atoms with Crippen LogP contribution in [0.5, 0.6) is 0 Å². The molecular weight excluding hydrogens is 278 g/mol. The van der Waals surface area contributed by atoms with Crippen molar-refractivity contribution in [3.05, 3.63) is 28.8 Å². The number of anilines is 1. The molecule has 6 heteroatoms. The minimum atomic E-state index is -0.192. The summed E-state index contributed by atoms with van der Waals surface area (Å²) in [6.07, 6.45) is 0. The van der Waals surface area contributed by atoms with Gasteiger partial charge in [0.15, 0.2) is 0 Å². The molecule has 5 nitrogen and oxygen atoms in total. The number of carbonyl (C=O) groups excluding carboxylic acids is 1. The van der Waals surface area contributed by atoms with Gasteiger partial charge >= 0.3 is 0 Å². The van der Waals surface area contributed by atoms with Crippen LogP contribution < -0.4 is 11.1 Å². The standard InChI is InChI=1S/C14H20ClN3O2/c1-10(9-18-4-6-20-7-5-18)17-14(19)12-8-11(16)2-3-13(12)15/h2-3,8,10H,4-7,9,16H2,1H3,(H,17,19). The minimum absolute atomic E-state index is 0.0399. The second kappa shape index (κ2) is 6.92. The molecule has 1 fully saturated rings. The monoisotopic (exact) mass is 297 g/mol. The summed E-state index contributed by atoms with van der Waals surface area (Å²) in [6, 6.07) is 4.95. The van der Waals surface area contributed by atoms with E-state index in [1.165, 1.54) is 0 Å². The van der Waals surface area contributed by atoms with Gasteiger partial charge in [0, 0.05) is 31.4 Å². The normalized spacial score (nSPS) is 17.7. The lowest BCUT2D eigenvalue weighted by Crippen LogP contribution is -2.46. The van der Waals surface area contributed by atoms with Crippen LogP contribution in [0.15, 0.2) is 18.2 Å². The topological polar surface area (TPSA) is 67.6 Å². The number of halogens is 1. The number of nitrogens with one attached hydrogen (secondary N) is 1. The molecule has 1 atom stereocenters. The van der Waals surface area contributed by atoms with Crippen molar-refractivity contribution in [2.75, 3.05) is 38.6 Å². The Bertz CT molecular complexity index is 475. The van der Waals surface area contributed by atoms with Crippen molar-refractivity contribution in [3.8, 4) is 0 Å². The Morgan fingerprint density at radius 1 is 1.50 bits per heavy atom. The molecule has 0 radical (unpaired) electrons. The predicted octanol–water partition coefficient (Wildman–Crippen LogP) is 1.37. The minimum Gasteiger partial charge on any atom is -0.399 e. The van der Waals surface area contributed by atoms with Crippen molar-refractivity contribution in [1.82, 2.24) is 10.2 Å². The molecule has 1 saturated heterocycles. The van der Waals surface area contributed by atoms with Gasteiger partial charge in [0.05, 0.1) is 23.8 Å². The van der Waals surface area contributed by atoms with Crippen LogP contribution in [0.3, 0.4) is 0 Å². The Morgan fingerprint density at radius 2 is 2.20 bits per heavy atom. The van der Waals surface area contributed by atoms with Crippen LogP contribution >= 0.6 is 11.6 Å². The molecule has 1 heterocycles. The zero-order valence-corrected chi connectivity index (χ0v) is 12.3. The van der Waals surface area contributed by atoms with Gasteiger partial charge < -0.3 is 15.8 Å². The first-order valence-corrected chi connectivity index (χ1v) is 7.10. The van der Waals surface area contributed by atoms with Gasteiger partial charge in [-0.05, 0) is 25.1 Å². The van der Waals surface area contributed by atoms with Crippen LogP contribution in [-0.2, 0) is 4.74 Å². The number of amides is 1. The van der Waals surface area contributed by atoms with Crippen molar-refractivity contribution in [2.24, 2.45) is 0 Å². The second-order valence-electron chi connectivity index (χ2n) is 5.03. The van der Waals surface area contributed by atoms with Crippen LogP contribution in [0.4, 0.5) is 5.69 Å². The summed E-state index contributed by atoms with van der Waals surface area (Å²) >= 11 is 6.02. The second-order valence-corrected chi connectivity index (χ2v) is 5.43. The summed E-state index contributed by atoms with van der Waals surface area (Å²) in [6.45, 7) is 6.09. The molecule has 1 aliphatic heterocycles. The number of hydrogen-bond donors (Lipinski definition) is 2. The Hall–Kier alpha value is -1.30. The van der Waals surface area contributed by atoms with E-state index in [9.17, 15) is 4.79 Å². The molecular formula is C14H20ClN3O2. The summed E-state index contributed by atoms with van der Waals surface area (Å²) in [5, 5.41) is 3.36. The first-order chi connectivity index (χ1) is 9.56. The van der Waals surface area contributed by atoms with E-state index in [-0.39, 0.29) is 11.9 Å². The third kappa shape index (κ3) is 4.10. The zero-order valence-electron chi connectivity index (χ0n) is 11.6. The SMILES string of the molecule is CC(CN1CCOCC1)NC(=O)c1cc(N)ccc1Cl. The van der Waals surface area contributed by atoms with E-state index >= 15 is 0 Å². The molecule has 0 spiro atoms. The fraction of sp³-hybridized carbons (Fsp3) is 0.500. The number of rotatable bonds is 4. The van der Waals surface area contributed by atoms with Gasteiger partial charge in [-0.2, -0.15) is 0 Å². The Kier molecular flexibility index (Phi) is 5.23. The smallest absolute Gasteiger partial charge is 0.253 e. The average molecular weight is 298 g/mol. The van der Waals surface area contributed by atoms with E-state index in [0.717, 1.165) is 32.8 Å². The molecule has 1 amide bonds. The predicted molar refractivity (Wildman–Crippen MR) is 80.1 cm³/mol. The lowest BCUT2D eigenvalue weighted by molar-refractivity contribution is 0.0342. The van der Waals surface area contributed by atoms with Crippen molar-refractivity contribution >= 4 is 23.2 Å². The van der Waals surface area contributed by atoms with E-state index in [1.54, 1.807) is 18.2 Å². The largest absolute Gasteiger partial charge is 0.399 e. The summed E-state index contributed by atoms with van der Waals surface area (Å²) in [7, 11) is 0. The summed E-state index contributed by atoms with van der Waals surface area (Å²) in [5.74, 6) is -0.192. The highest BCUT2D eigenvalue weighted by atomic mass is 35.5. The highest BCUT2D eigenvalue weighted by Gasteiger charge is 2.17. The molecule has 1 aliphatic rings. The number of carbonyl (C=O) groups is 1. The number of nitrogen functional groups attached to an aromatic ring is 1. The molecule has 0 bridgehead atoms. The van der Waals surface area contributed by atoms with Crippen molar-refractivity contribution < 1.29 is 9.53 Å². The molecule has 1 unspecified atom stereocenters. The summed E-state index contributed by atoms with van der Waals surface area (Å²) < 4.78 is 5.30. The van der Waals surface area contributed by atoms with E-state index in [0.29, 0.717) is 16.3 Å². The van der Waals surface area contributed by atoms with E-state index < -0.39 is 0 Å². The molecule has 0 aliphatic carbocycles. The van der Waals surface area contributed by atoms with Crippen LogP contribution in [0.2, 0.25) is 5.02 Å². The molecule has 1 aromatic carbocycles. The number of nitrogens with two attached hydrogens (primary N) is 1. The molecule has 3 N–H and O–H groups in total. The number of nitrogens with zero attached hydrogens (tertiary/aromatic N) is 1. The van der Waals surface area contributed by atoms with Gasteiger partial charge in [0.25, 0.3) is 5.91 Å². The van der Waals surface area contributed by atoms with Crippen LogP contribution in [0.25, 0.3) is 0 Å². The fourth-order valence-corrected chi connectivity index (χ4v) is 2.44. The van der Waals surface area contributed by atoms with Crippen LogP contribution in [0, 0.1) is 0 Å². The maximum Gasteiger partial charge on any atom is 0.253 e. The summed E-state index contributed by atoms with van der Waals surface area (Å²) in [4.78, 5) is 14.4. The number of hydrogen-bond acceptors (Lipinski definition) is 4. The number of morpholine rings is 1. The third-order valence-electron chi connectivity index (χ3n) is 3.25. The van der Waals surface area contributed by atoms with Gasteiger partial charge in [-0.1, -0.05) is 11.6 Å². The van der Waals surface area contributed by atoms with Crippen LogP contribution in [-0.4, -0.2) is 49.7 Å². The number of benzene rings is 1. The molecule has 0 aromatic heterocycles. The Morgan fingerprint density at radius 3 is 2.90 bits per heavy atom. The highest BCUT2D eigenvalue weighted by molar-refractivity contribution is 6.34. The average Bonchev–Trinajstić information content (AvgIpc) is 2.42. The first-order valence-electron chi connectivity index (χ1n) is 6.72. The highest BCUT2D eigenvalue weighted by Crippen LogP contribution is 2.18. The van der Waals surface area contributed by atoms with Gasteiger partial charge in [0.2, 0.25) is 0 Å². The number of ether oxygens (including phenoxy) is 1. The fourth-order valence-electron chi connectivity index (χ4n) is 2.24. The van der Waals surface area contributed by atoms with Crippen molar-refractivity contribution in [1.29, 1.82) is 0 Å². The molecule has 2 rings (SSSR count). The maximum absolute atomic E-state index is 12.2. The molecule has 110 valence electrons. The quantitative estimate of drug-likeness (QED) is 0.824. The molecule has 0 saturated carbocycles. The van der Waals surface area contributed by atoms with Gasteiger partial charge in [0.1, 0.15) is 0 Å². The van der Waals surface area contributed by atoms with Gasteiger partial charge in [-0.25, -0.2) is 0 Å². The lowest BCUT2D eigenvalue weighted by Gasteiger charge is -2.29. The Labute approximate surface area is 124 Å². The third-order valence-corrected chi connectivity index (χ3v) is 3.58. The van der Waals surface area contributed by atoms with Crippen LogP contribution in [0.1, 0.15) is 17.3 Å². The summed E-state index contributed by atoms with van der Waals surface area (Å²) in [5.41, 5.74) is 6.63. The van der Waals surface area contributed by atoms with E-state index in [4.69, 9.17) is 22.1 Å². The van der Waals surface area contributed by atoms with Crippen molar-refractivity contribution in [2.45, 2.75) is 13.0 Å². The zero-order chi connectivity index (χ0) is 14.5. The van der Waals surface area contributed by atoms with Gasteiger partial charge in [-0.15, -0.1) is 0 Å². The lowest BCUT2D eigenvalue weighted by atomic mass is 10.1. The Balaban J connectivity index is 1.91. The first kappa shape index (κ1) is 15.1. The van der Waals surface area contributed by atoms with E-state index in [2.05, 4.69) is 10.2 Å².